The van der Waals surface area contributed by atoms with Crippen LogP contribution in [-0.4, -0.2) is 47.8 Å². The number of anilines is 2. The Morgan fingerprint density at radius 2 is 1.90 bits per heavy atom. The van der Waals surface area contributed by atoms with Gasteiger partial charge in [-0.05, 0) is 36.4 Å². The molecule has 0 amide bonds. The van der Waals surface area contributed by atoms with Gasteiger partial charge in [0.2, 0.25) is 0 Å². The Morgan fingerprint density at radius 3 is 2.80 bits per heavy atom. The summed E-state index contributed by atoms with van der Waals surface area (Å²) in [6.45, 7) is 4.83. The fourth-order valence-corrected chi connectivity index (χ4v) is 4.54. The monoisotopic (exact) mass is 403 g/mol. The van der Waals surface area contributed by atoms with E-state index in [1.54, 1.807) is 6.07 Å². The van der Waals surface area contributed by atoms with E-state index < -0.39 is 0 Å². The molecule has 2 aliphatic heterocycles. The van der Waals surface area contributed by atoms with Crippen LogP contribution < -0.4 is 9.80 Å². The van der Waals surface area contributed by atoms with Gasteiger partial charge in [0.05, 0.1) is 25.1 Å². The number of nitrogens with one attached hydrogen (secondary N) is 1. The molecule has 1 N–H and O–H groups in total. The van der Waals surface area contributed by atoms with Crippen LogP contribution in [0.4, 0.5) is 15.9 Å². The van der Waals surface area contributed by atoms with E-state index in [0.717, 1.165) is 79.3 Å². The molecule has 5 heterocycles. The summed E-state index contributed by atoms with van der Waals surface area (Å²) in [5.41, 5.74) is 5.21. The van der Waals surface area contributed by atoms with Crippen molar-refractivity contribution in [2.75, 3.05) is 42.6 Å². The first-order chi connectivity index (χ1) is 14.7. The maximum Gasteiger partial charge on any atom is 0.161 e. The second-order valence-electron chi connectivity index (χ2n) is 7.95. The predicted octanol–water partition coefficient (Wildman–Crippen LogP) is 3.65. The second kappa shape index (κ2) is 6.95. The van der Waals surface area contributed by atoms with Gasteiger partial charge in [-0.25, -0.2) is 14.4 Å². The molecule has 0 radical (unpaired) electrons. The molecule has 152 valence electrons. The SMILES string of the molecule is Fc1ccc2[nH]c3c(c2c1)CN(c1cnc2nc(N4CCOCC4)ccc2c1)CC3. The number of aromatic amines is 1. The number of rotatable bonds is 2. The van der Waals surface area contributed by atoms with E-state index in [-0.39, 0.29) is 5.82 Å². The minimum Gasteiger partial charge on any atom is -0.378 e. The Bertz CT molecular complexity index is 1250. The van der Waals surface area contributed by atoms with Gasteiger partial charge in [-0.15, -0.1) is 0 Å². The van der Waals surface area contributed by atoms with Crippen molar-refractivity contribution < 1.29 is 9.13 Å². The van der Waals surface area contributed by atoms with E-state index in [1.807, 2.05) is 12.3 Å². The zero-order valence-electron chi connectivity index (χ0n) is 16.6. The van der Waals surface area contributed by atoms with Gasteiger partial charge in [-0.2, -0.15) is 0 Å². The predicted molar refractivity (Wildman–Crippen MR) is 116 cm³/mol. The Kier molecular flexibility index (Phi) is 4.09. The number of benzene rings is 1. The molecule has 0 bridgehead atoms. The minimum atomic E-state index is -0.198. The van der Waals surface area contributed by atoms with E-state index in [0.29, 0.717) is 0 Å². The third kappa shape index (κ3) is 2.97. The van der Waals surface area contributed by atoms with Crippen LogP contribution in [0, 0.1) is 5.82 Å². The van der Waals surface area contributed by atoms with Crippen LogP contribution >= 0.6 is 0 Å². The third-order valence-electron chi connectivity index (χ3n) is 6.15. The van der Waals surface area contributed by atoms with Crippen LogP contribution in [0.25, 0.3) is 21.9 Å². The molecule has 0 aliphatic carbocycles. The fourth-order valence-electron chi connectivity index (χ4n) is 4.54. The molecule has 3 aromatic heterocycles. The van der Waals surface area contributed by atoms with Crippen molar-refractivity contribution in [3.8, 4) is 0 Å². The molecule has 6 nitrogen and oxygen atoms in total. The number of hydrogen-bond donors (Lipinski definition) is 1. The summed E-state index contributed by atoms with van der Waals surface area (Å²) in [6.07, 6.45) is 2.80. The standard InChI is InChI=1S/C23H22FN5O/c24-16-2-3-20-18(12-16)19-14-29(6-5-21(19)26-20)17-11-15-1-4-22(27-23(15)25-13-17)28-7-9-30-10-8-28/h1-4,11-13,26H,5-10,14H2. The number of nitrogens with zero attached hydrogens (tertiary/aromatic N) is 4. The lowest BCUT2D eigenvalue weighted by molar-refractivity contribution is 0.122. The topological polar surface area (TPSA) is 57.3 Å². The Balaban J connectivity index is 1.31. The molecular weight excluding hydrogens is 381 g/mol. The molecule has 1 aromatic carbocycles. The molecule has 7 heteroatoms. The zero-order valence-corrected chi connectivity index (χ0v) is 16.6. The summed E-state index contributed by atoms with van der Waals surface area (Å²) in [7, 11) is 0. The van der Waals surface area contributed by atoms with E-state index in [1.165, 1.54) is 17.3 Å². The molecule has 0 saturated carbocycles. The largest absolute Gasteiger partial charge is 0.378 e. The fraction of sp³-hybridized carbons (Fsp3) is 0.304. The number of hydrogen-bond acceptors (Lipinski definition) is 5. The summed E-state index contributed by atoms with van der Waals surface area (Å²) in [4.78, 5) is 17.4. The van der Waals surface area contributed by atoms with Crippen LogP contribution in [0.15, 0.2) is 42.6 Å². The quantitative estimate of drug-likeness (QED) is 0.554. The number of aromatic nitrogens is 3. The van der Waals surface area contributed by atoms with E-state index in [2.05, 4.69) is 38.0 Å². The number of halogens is 1. The highest BCUT2D eigenvalue weighted by atomic mass is 19.1. The van der Waals surface area contributed by atoms with Crippen LogP contribution in [0.2, 0.25) is 0 Å². The highest BCUT2D eigenvalue weighted by Gasteiger charge is 2.22. The second-order valence-corrected chi connectivity index (χ2v) is 7.95. The van der Waals surface area contributed by atoms with E-state index in [4.69, 9.17) is 9.72 Å². The van der Waals surface area contributed by atoms with Gasteiger partial charge in [0, 0.05) is 60.1 Å². The Labute approximate surface area is 173 Å². The van der Waals surface area contributed by atoms with Crippen molar-refractivity contribution in [2.24, 2.45) is 0 Å². The molecule has 0 spiro atoms. The summed E-state index contributed by atoms with van der Waals surface area (Å²) < 4.78 is 19.2. The van der Waals surface area contributed by atoms with Crippen molar-refractivity contribution in [2.45, 2.75) is 13.0 Å². The van der Waals surface area contributed by atoms with Gasteiger partial charge < -0.3 is 19.5 Å². The average molecular weight is 403 g/mol. The van der Waals surface area contributed by atoms with E-state index >= 15 is 0 Å². The number of ether oxygens (including phenoxy) is 1. The summed E-state index contributed by atoms with van der Waals surface area (Å²) in [5, 5.41) is 2.00. The summed E-state index contributed by atoms with van der Waals surface area (Å²) in [5.74, 6) is 0.755. The first-order valence-electron chi connectivity index (χ1n) is 10.4. The smallest absolute Gasteiger partial charge is 0.161 e. The average Bonchev–Trinajstić information content (AvgIpc) is 3.16. The minimum absolute atomic E-state index is 0.198. The summed E-state index contributed by atoms with van der Waals surface area (Å²) in [6, 6.07) is 11.3. The molecule has 1 saturated heterocycles. The number of pyridine rings is 2. The molecule has 0 atom stereocenters. The van der Waals surface area contributed by atoms with Crippen LogP contribution in [0.5, 0.6) is 0 Å². The van der Waals surface area contributed by atoms with Crippen LogP contribution in [-0.2, 0) is 17.7 Å². The maximum absolute atomic E-state index is 13.8. The third-order valence-corrected chi connectivity index (χ3v) is 6.15. The van der Waals surface area contributed by atoms with Gasteiger partial charge in [-0.3, -0.25) is 0 Å². The lowest BCUT2D eigenvalue weighted by Gasteiger charge is -2.29. The normalized spacial score (nSPS) is 17.0. The molecule has 0 unspecified atom stereocenters. The molecule has 2 aliphatic rings. The van der Waals surface area contributed by atoms with Crippen LogP contribution in [0.3, 0.4) is 0 Å². The van der Waals surface area contributed by atoms with Gasteiger partial charge in [0.1, 0.15) is 11.6 Å². The first-order valence-corrected chi connectivity index (χ1v) is 10.4. The van der Waals surface area contributed by atoms with Gasteiger partial charge >= 0.3 is 0 Å². The van der Waals surface area contributed by atoms with Gasteiger partial charge in [0.15, 0.2) is 5.65 Å². The molecule has 30 heavy (non-hydrogen) atoms. The number of H-pyrrole nitrogens is 1. The number of morpholine rings is 1. The Morgan fingerprint density at radius 1 is 1.00 bits per heavy atom. The highest BCUT2D eigenvalue weighted by Crippen LogP contribution is 2.31. The van der Waals surface area contributed by atoms with E-state index in [9.17, 15) is 4.39 Å². The first kappa shape index (κ1) is 17.7. The van der Waals surface area contributed by atoms with Gasteiger partial charge in [0.25, 0.3) is 0 Å². The summed E-state index contributed by atoms with van der Waals surface area (Å²) >= 11 is 0. The van der Waals surface area contributed by atoms with Crippen molar-refractivity contribution in [3.05, 3.63) is 59.7 Å². The maximum atomic E-state index is 13.8. The molecular formula is C23H22FN5O. The highest BCUT2D eigenvalue weighted by molar-refractivity contribution is 5.86. The molecule has 6 rings (SSSR count). The zero-order chi connectivity index (χ0) is 20.1. The lowest BCUT2D eigenvalue weighted by atomic mass is 10.0. The Hall–Kier alpha value is -3.19. The molecule has 4 aromatic rings. The number of fused-ring (bicyclic) bond motifs is 4. The van der Waals surface area contributed by atoms with Crippen LogP contribution in [0.1, 0.15) is 11.3 Å². The van der Waals surface area contributed by atoms with Crippen molar-refractivity contribution in [1.82, 2.24) is 15.0 Å². The van der Waals surface area contributed by atoms with Crippen molar-refractivity contribution >= 4 is 33.4 Å². The lowest BCUT2D eigenvalue weighted by Crippen LogP contribution is -2.36. The van der Waals surface area contributed by atoms with Gasteiger partial charge in [-0.1, -0.05) is 0 Å². The van der Waals surface area contributed by atoms with Crippen molar-refractivity contribution in [1.29, 1.82) is 0 Å². The molecule has 1 fully saturated rings. The van der Waals surface area contributed by atoms with Crippen molar-refractivity contribution in [3.63, 3.8) is 0 Å².